The summed E-state index contributed by atoms with van der Waals surface area (Å²) in [4.78, 5) is 44.7. The number of halogens is 3. The molecule has 4 rings (SSSR count). The summed E-state index contributed by atoms with van der Waals surface area (Å²) in [7, 11) is 1.90. The zero-order valence-corrected chi connectivity index (χ0v) is 18.8. The van der Waals surface area contributed by atoms with Crippen LogP contribution in [0.25, 0.3) is 0 Å². The van der Waals surface area contributed by atoms with E-state index in [1.54, 1.807) is 18.3 Å². The molecule has 3 aliphatic rings. The summed E-state index contributed by atoms with van der Waals surface area (Å²) in [6, 6.07) is 0. The van der Waals surface area contributed by atoms with Crippen LogP contribution in [0.15, 0.2) is 11.6 Å². The highest BCUT2D eigenvalue weighted by Crippen LogP contribution is 2.57. The maximum Gasteiger partial charge on any atom is 0.490 e. The number of piperidine rings is 1. The number of likely N-dealkylation sites (tertiary alicyclic amines) is 3. The van der Waals surface area contributed by atoms with Crippen molar-refractivity contribution in [3.05, 3.63) is 16.6 Å². The van der Waals surface area contributed by atoms with E-state index in [0.29, 0.717) is 6.54 Å². The van der Waals surface area contributed by atoms with Crippen molar-refractivity contribution in [1.29, 1.82) is 0 Å². The quantitative estimate of drug-likeness (QED) is 0.703. The van der Waals surface area contributed by atoms with Gasteiger partial charge < -0.3 is 14.9 Å². The second-order valence-electron chi connectivity index (χ2n) is 8.72. The van der Waals surface area contributed by atoms with Gasteiger partial charge in [-0.3, -0.25) is 14.5 Å². The molecule has 1 unspecified atom stereocenters. The lowest BCUT2D eigenvalue weighted by atomic mass is 9.60. The van der Waals surface area contributed by atoms with Crippen LogP contribution in [0.4, 0.5) is 13.2 Å². The fourth-order valence-corrected chi connectivity index (χ4v) is 5.82. The average molecular weight is 477 g/mol. The molecule has 2 amide bonds. The van der Waals surface area contributed by atoms with Crippen LogP contribution in [-0.4, -0.2) is 88.5 Å². The average Bonchev–Trinajstić information content (AvgIpc) is 3.41. The molecule has 32 heavy (non-hydrogen) atoms. The van der Waals surface area contributed by atoms with E-state index >= 15 is 0 Å². The molecule has 1 aromatic rings. The Bertz CT molecular complexity index is 856. The number of alkyl halides is 3. The number of carboxylic acids is 1. The largest absolute Gasteiger partial charge is 0.490 e. The van der Waals surface area contributed by atoms with E-state index in [0.717, 1.165) is 57.0 Å². The molecule has 1 atom stereocenters. The number of aliphatic carboxylic acids is 1. The first-order valence-electron chi connectivity index (χ1n) is 10.3. The Hall–Kier alpha value is -2.21. The van der Waals surface area contributed by atoms with Crippen molar-refractivity contribution in [3.8, 4) is 0 Å². The van der Waals surface area contributed by atoms with Crippen LogP contribution >= 0.6 is 11.3 Å². The van der Waals surface area contributed by atoms with Gasteiger partial charge >= 0.3 is 12.1 Å². The first kappa shape index (κ1) is 24.4. The van der Waals surface area contributed by atoms with Crippen molar-refractivity contribution in [1.82, 2.24) is 19.7 Å². The lowest BCUT2D eigenvalue weighted by Gasteiger charge is -2.46. The molecule has 0 aromatic carbocycles. The molecular formula is C20H27F3N4O4S. The molecule has 3 saturated heterocycles. The van der Waals surface area contributed by atoms with Crippen LogP contribution in [0.5, 0.6) is 0 Å². The molecule has 0 bridgehead atoms. The SMILES string of the molecule is CC(=O)N1CC2(CCN(Cc3nccs3)CC2)C2(CCN(C)C2=O)C1.O=C(O)C(F)(F)F. The third kappa shape index (κ3) is 4.61. The summed E-state index contributed by atoms with van der Waals surface area (Å²) in [6.07, 6.45) is -0.364. The van der Waals surface area contributed by atoms with Gasteiger partial charge in [-0.05, 0) is 32.4 Å². The Morgan fingerprint density at radius 2 is 1.81 bits per heavy atom. The van der Waals surface area contributed by atoms with Crippen LogP contribution in [0, 0.1) is 10.8 Å². The minimum Gasteiger partial charge on any atom is -0.475 e. The Balaban J connectivity index is 0.000000360. The first-order valence-corrected chi connectivity index (χ1v) is 11.2. The number of hydrogen-bond donors (Lipinski definition) is 1. The molecule has 4 heterocycles. The van der Waals surface area contributed by atoms with Crippen molar-refractivity contribution in [3.63, 3.8) is 0 Å². The van der Waals surface area contributed by atoms with E-state index in [9.17, 15) is 22.8 Å². The predicted octanol–water partition coefficient (Wildman–Crippen LogP) is 2.07. The standard InChI is InChI=1S/C18H26N4O2S.C2HF3O2/c1-14(23)22-12-17(18(13-22)5-7-20(2)16(18)24)3-8-21(9-4-17)11-15-19-6-10-25-15;3-2(4,5)1(6)7/h6,10H,3-5,7-9,11-13H2,1-2H3;(H,6,7). The summed E-state index contributed by atoms with van der Waals surface area (Å²) < 4.78 is 31.7. The van der Waals surface area contributed by atoms with Crippen molar-refractivity contribution in [2.24, 2.45) is 10.8 Å². The highest BCUT2D eigenvalue weighted by atomic mass is 32.1. The number of carboxylic acid groups (broad SMARTS) is 1. The monoisotopic (exact) mass is 476 g/mol. The number of aromatic nitrogens is 1. The Morgan fingerprint density at radius 1 is 1.19 bits per heavy atom. The Labute approximate surface area is 188 Å². The summed E-state index contributed by atoms with van der Waals surface area (Å²) >= 11 is 1.70. The summed E-state index contributed by atoms with van der Waals surface area (Å²) in [5, 5.41) is 10.3. The lowest BCUT2D eigenvalue weighted by Crippen LogP contribution is -2.52. The van der Waals surface area contributed by atoms with E-state index in [-0.39, 0.29) is 22.6 Å². The summed E-state index contributed by atoms with van der Waals surface area (Å²) in [5.74, 6) is -2.40. The van der Waals surface area contributed by atoms with E-state index in [4.69, 9.17) is 9.90 Å². The fourth-order valence-electron chi connectivity index (χ4n) is 5.16. The molecule has 0 radical (unpaired) electrons. The third-order valence-electron chi connectivity index (χ3n) is 6.94. The number of thiazole rings is 1. The predicted molar refractivity (Wildman–Crippen MR) is 110 cm³/mol. The zero-order chi connectivity index (χ0) is 23.7. The van der Waals surface area contributed by atoms with Crippen molar-refractivity contribution in [2.45, 2.75) is 38.9 Å². The molecule has 2 spiro atoms. The minimum absolute atomic E-state index is 0.0557. The number of nitrogens with zero attached hydrogens (tertiary/aromatic N) is 4. The van der Waals surface area contributed by atoms with E-state index in [1.165, 1.54) is 0 Å². The molecule has 0 aliphatic carbocycles. The van der Waals surface area contributed by atoms with Crippen LogP contribution in [0.3, 0.4) is 0 Å². The highest BCUT2D eigenvalue weighted by Gasteiger charge is 2.65. The number of rotatable bonds is 2. The second-order valence-corrected chi connectivity index (χ2v) is 9.70. The van der Waals surface area contributed by atoms with Gasteiger partial charge in [0, 0.05) is 50.6 Å². The number of carbonyl (C=O) groups is 3. The molecule has 1 aromatic heterocycles. The first-order chi connectivity index (χ1) is 14.9. The second kappa shape index (κ2) is 8.97. The van der Waals surface area contributed by atoms with Crippen LogP contribution in [0.1, 0.15) is 31.2 Å². The van der Waals surface area contributed by atoms with Gasteiger partial charge in [-0.25, -0.2) is 9.78 Å². The summed E-state index contributed by atoms with van der Waals surface area (Å²) in [5.41, 5.74) is -0.416. The lowest BCUT2D eigenvalue weighted by molar-refractivity contribution is -0.192. The molecule has 12 heteroatoms. The van der Waals surface area contributed by atoms with E-state index in [2.05, 4.69) is 9.88 Å². The van der Waals surface area contributed by atoms with Crippen molar-refractivity contribution < 1.29 is 32.7 Å². The van der Waals surface area contributed by atoms with Gasteiger partial charge in [0.15, 0.2) is 0 Å². The molecule has 178 valence electrons. The van der Waals surface area contributed by atoms with Crippen LogP contribution in [-0.2, 0) is 20.9 Å². The van der Waals surface area contributed by atoms with E-state index in [1.807, 2.05) is 28.4 Å². The van der Waals surface area contributed by atoms with Crippen LogP contribution < -0.4 is 0 Å². The number of amides is 2. The van der Waals surface area contributed by atoms with Crippen molar-refractivity contribution >= 4 is 29.1 Å². The van der Waals surface area contributed by atoms with Gasteiger partial charge in [-0.15, -0.1) is 11.3 Å². The van der Waals surface area contributed by atoms with Crippen LogP contribution in [0.2, 0.25) is 0 Å². The summed E-state index contributed by atoms with van der Waals surface area (Å²) in [6.45, 7) is 6.65. The van der Waals surface area contributed by atoms with Gasteiger partial charge in [-0.1, -0.05) is 0 Å². The maximum absolute atomic E-state index is 13.1. The van der Waals surface area contributed by atoms with Gasteiger partial charge in [0.1, 0.15) is 5.01 Å². The Kier molecular flexibility index (Phi) is 6.85. The van der Waals surface area contributed by atoms with Gasteiger partial charge in [-0.2, -0.15) is 13.2 Å². The maximum atomic E-state index is 13.1. The smallest absolute Gasteiger partial charge is 0.475 e. The van der Waals surface area contributed by atoms with Crippen molar-refractivity contribution in [2.75, 3.05) is 39.8 Å². The van der Waals surface area contributed by atoms with Gasteiger partial charge in [0.05, 0.1) is 12.0 Å². The molecule has 8 nitrogen and oxygen atoms in total. The molecule has 3 aliphatic heterocycles. The zero-order valence-electron chi connectivity index (χ0n) is 18.0. The molecule has 3 fully saturated rings. The highest BCUT2D eigenvalue weighted by molar-refractivity contribution is 7.09. The fraction of sp³-hybridized carbons (Fsp3) is 0.700. The van der Waals surface area contributed by atoms with Gasteiger partial charge in [0.2, 0.25) is 11.8 Å². The minimum atomic E-state index is -5.08. The number of fused-ring (bicyclic) bond motifs is 1. The van der Waals surface area contributed by atoms with Gasteiger partial charge in [0.25, 0.3) is 0 Å². The number of hydrogen-bond acceptors (Lipinski definition) is 6. The Morgan fingerprint density at radius 3 is 2.25 bits per heavy atom. The number of carbonyl (C=O) groups excluding carboxylic acids is 2. The molecular weight excluding hydrogens is 449 g/mol. The third-order valence-corrected chi connectivity index (χ3v) is 7.71. The topological polar surface area (TPSA) is 94.1 Å². The normalized spacial score (nSPS) is 25.3. The van der Waals surface area contributed by atoms with E-state index < -0.39 is 12.1 Å². The molecule has 1 N–H and O–H groups in total. The molecule has 0 saturated carbocycles.